The van der Waals surface area contributed by atoms with E-state index in [0.717, 1.165) is 36.4 Å². The number of fused-ring (bicyclic) bond motifs is 1. The highest BCUT2D eigenvalue weighted by molar-refractivity contribution is 5.75. The number of likely N-dealkylation sites (tertiary alicyclic amines) is 1. The third kappa shape index (κ3) is 2.72. The molecule has 108 valence electrons. The molecule has 2 heterocycles. The number of H-pyrrole nitrogens is 1. The summed E-state index contributed by atoms with van der Waals surface area (Å²) in [5, 5.41) is 9.56. The number of aromatic nitrogens is 2. The van der Waals surface area contributed by atoms with E-state index in [9.17, 15) is 5.11 Å². The number of aryl methyl sites for hydroxylation is 1. The molecule has 4 nitrogen and oxygen atoms in total. The van der Waals surface area contributed by atoms with Gasteiger partial charge in [-0.3, -0.25) is 4.90 Å². The number of benzene rings is 1. The van der Waals surface area contributed by atoms with E-state index in [1.807, 2.05) is 0 Å². The molecular formula is C16H23N3O. The highest BCUT2D eigenvalue weighted by Gasteiger charge is 2.26. The van der Waals surface area contributed by atoms with Gasteiger partial charge in [0.2, 0.25) is 0 Å². The Balaban J connectivity index is 1.78. The second kappa shape index (κ2) is 5.54. The summed E-state index contributed by atoms with van der Waals surface area (Å²) in [5.74, 6) is 1.71. The Morgan fingerprint density at radius 3 is 3.10 bits per heavy atom. The van der Waals surface area contributed by atoms with Crippen molar-refractivity contribution in [3.63, 3.8) is 0 Å². The standard InChI is InChI=1S/C16H23N3O/c1-11-3-4-14-15(8-11)18-16(17-14)9-19-6-5-12(2)7-13(19)10-20/h3-4,8,12-13,20H,5-7,9-10H2,1-2H3,(H,17,18). The van der Waals surface area contributed by atoms with Gasteiger partial charge < -0.3 is 10.1 Å². The number of aromatic amines is 1. The second-order valence-electron chi connectivity index (χ2n) is 6.14. The van der Waals surface area contributed by atoms with E-state index in [1.165, 1.54) is 12.0 Å². The van der Waals surface area contributed by atoms with Crippen LogP contribution in [0.2, 0.25) is 0 Å². The lowest BCUT2D eigenvalue weighted by Crippen LogP contribution is -2.43. The zero-order valence-electron chi connectivity index (χ0n) is 12.3. The highest BCUT2D eigenvalue weighted by atomic mass is 16.3. The molecule has 2 aromatic rings. The molecule has 1 saturated heterocycles. The zero-order chi connectivity index (χ0) is 14.1. The Hall–Kier alpha value is -1.39. The number of piperidine rings is 1. The number of aliphatic hydroxyl groups excluding tert-OH is 1. The van der Waals surface area contributed by atoms with Gasteiger partial charge in [-0.1, -0.05) is 13.0 Å². The summed E-state index contributed by atoms with van der Waals surface area (Å²) in [6.07, 6.45) is 2.28. The first-order valence-electron chi connectivity index (χ1n) is 7.46. The monoisotopic (exact) mass is 273 g/mol. The quantitative estimate of drug-likeness (QED) is 0.903. The zero-order valence-corrected chi connectivity index (χ0v) is 12.3. The van der Waals surface area contributed by atoms with Gasteiger partial charge in [0, 0.05) is 6.04 Å². The number of hydrogen-bond donors (Lipinski definition) is 2. The van der Waals surface area contributed by atoms with Crippen molar-refractivity contribution in [3.8, 4) is 0 Å². The molecule has 1 fully saturated rings. The van der Waals surface area contributed by atoms with Crippen LogP contribution in [0.4, 0.5) is 0 Å². The number of hydrogen-bond acceptors (Lipinski definition) is 3. The maximum atomic E-state index is 9.56. The van der Waals surface area contributed by atoms with Crippen LogP contribution in [0.25, 0.3) is 11.0 Å². The first-order valence-corrected chi connectivity index (χ1v) is 7.46. The minimum Gasteiger partial charge on any atom is -0.395 e. The molecule has 0 spiro atoms. The summed E-state index contributed by atoms with van der Waals surface area (Å²) >= 11 is 0. The van der Waals surface area contributed by atoms with Crippen LogP contribution in [-0.4, -0.2) is 39.2 Å². The lowest BCUT2D eigenvalue weighted by molar-refractivity contribution is 0.0617. The van der Waals surface area contributed by atoms with Crippen molar-refractivity contribution in [3.05, 3.63) is 29.6 Å². The molecule has 0 aliphatic carbocycles. The maximum Gasteiger partial charge on any atom is 0.121 e. The average Bonchev–Trinajstić information content (AvgIpc) is 2.82. The molecule has 3 rings (SSSR count). The van der Waals surface area contributed by atoms with Gasteiger partial charge in [0.15, 0.2) is 0 Å². The van der Waals surface area contributed by atoms with Crippen LogP contribution in [-0.2, 0) is 6.54 Å². The van der Waals surface area contributed by atoms with Crippen molar-refractivity contribution in [2.24, 2.45) is 5.92 Å². The van der Waals surface area contributed by atoms with Crippen LogP contribution in [0.3, 0.4) is 0 Å². The third-order valence-corrected chi connectivity index (χ3v) is 4.35. The summed E-state index contributed by atoms with van der Waals surface area (Å²) in [4.78, 5) is 10.4. The Labute approximate surface area is 119 Å². The molecule has 20 heavy (non-hydrogen) atoms. The maximum absolute atomic E-state index is 9.56. The molecule has 0 bridgehead atoms. The minimum absolute atomic E-state index is 0.240. The Kier molecular flexibility index (Phi) is 3.76. The summed E-state index contributed by atoms with van der Waals surface area (Å²) in [6.45, 7) is 6.44. The first kappa shape index (κ1) is 13.6. The molecule has 2 unspecified atom stereocenters. The molecule has 1 aliphatic rings. The fourth-order valence-electron chi connectivity index (χ4n) is 3.14. The fraction of sp³-hybridized carbons (Fsp3) is 0.562. The summed E-state index contributed by atoms with van der Waals surface area (Å²) in [7, 11) is 0. The van der Waals surface area contributed by atoms with Gasteiger partial charge in [0.1, 0.15) is 5.82 Å². The lowest BCUT2D eigenvalue weighted by Gasteiger charge is -2.36. The van der Waals surface area contributed by atoms with Gasteiger partial charge in [-0.15, -0.1) is 0 Å². The van der Waals surface area contributed by atoms with Crippen LogP contribution in [0.1, 0.15) is 31.2 Å². The minimum atomic E-state index is 0.240. The van der Waals surface area contributed by atoms with E-state index >= 15 is 0 Å². The van der Waals surface area contributed by atoms with Crippen LogP contribution in [0.5, 0.6) is 0 Å². The van der Waals surface area contributed by atoms with E-state index in [0.29, 0.717) is 5.92 Å². The molecule has 0 saturated carbocycles. The molecule has 4 heteroatoms. The molecule has 1 aromatic heterocycles. The summed E-state index contributed by atoms with van der Waals surface area (Å²) in [5.41, 5.74) is 3.37. The van der Waals surface area contributed by atoms with Crippen LogP contribution in [0, 0.1) is 12.8 Å². The first-order chi connectivity index (χ1) is 9.65. The van der Waals surface area contributed by atoms with Crippen molar-refractivity contribution in [2.75, 3.05) is 13.2 Å². The van der Waals surface area contributed by atoms with Crippen LogP contribution >= 0.6 is 0 Å². The topological polar surface area (TPSA) is 52.1 Å². The molecule has 2 atom stereocenters. The van der Waals surface area contributed by atoms with E-state index in [-0.39, 0.29) is 12.6 Å². The molecule has 2 N–H and O–H groups in total. The molecule has 0 amide bonds. The van der Waals surface area contributed by atoms with E-state index in [4.69, 9.17) is 0 Å². The van der Waals surface area contributed by atoms with E-state index < -0.39 is 0 Å². The van der Waals surface area contributed by atoms with Crippen molar-refractivity contribution in [1.82, 2.24) is 14.9 Å². The largest absolute Gasteiger partial charge is 0.395 e. The van der Waals surface area contributed by atoms with Gasteiger partial charge >= 0.3 is 0 Å². The van der Waals surface area contributed by atoms with Gasteiger partial charge in [-0.05, 0) is 49.9 Å². The Morgan fingerprint density at radius 2 is 2.30 bits per heavy atom. The molecular weight excluding hydrogens is 250 g/mol. The number of nitrogens with zero attached hydrogens (tertiary/aromatic N) is 2. The van der Waals surface area contributed by atoms with E-state index in [1.54, 1.807) is 0 Å². The summed E-state index contributed by atoms with van der Waals surface area (Å²) in [6, 6.07) is 6.56. The van der Waals surface area contributed by atoms with Crippen molar-refractivity contribution < 1.29 is 5.11 Å². The van der Waals surface area contributed by atoms with Gasteiger partial charge in [-0.25, -0.2) is 4.98 Å². The third-order valence-electron chi connectivity index (χ3n) is 4.35. The predicted molar refractivity (Wildman–Crippen MR) is 80.5 cm³/mol. The Bertz CT molecular complexity index is 592. The number of imidazole rings is 1. The predicted octanol–water partition coefficient (Wildman–Crippen LogP) is 2.46. The van der Waals surface area contributed by atoms with Gasteiger partial charge in [-0.2, -0.15) is 0 Å². The fourth-order valence-corrected chi connectivity index (χ4v) is 3.14. The SMILES string of the molecule is Cc1ccc2nc(CN3CCC(C)CC3CO)[nH]c2c1. The van der Waals surface area contributed by atoms with Crippen molar-refractivity contribution >= 4 is 11.0 Å². The average molecular weight is 273 g/mol. The van der Waals surface area contributed by atoms with Gasteiger partial charge in [0.25, 0.3) is 0 Å². The summed E-state index contributed by atoms with van der Waals surface area (Å²) < 4.78 is 0. The van der Waals surface area contributed by atoms with Crippen LogP contribution in [0.15, 0.2) is 18.2 Å². The van der Waals surface area contributed by atoms with Crippen molar-refractivity contribution in [2.45, 2.75) is 39.3 Å². The molecule has 0 radical (unpaired) electrons. The smallest absolute Gasteiger partial charge is 0.121 e. The second-order valence-corrected chi connectivity index (χ2v) is 6.14. The lowest BCUT2D eigenvalue weighted by atomic mass is 9.93. The Morgan fingerprint density at radius 1 is 1.45 bits per heavy atom. The van der Waals surface area contributed by atoms with Crippen LogP contribution < -0.4 is 0 Å². The number of aliphatic hydroxyl groups is 1. The van der Waals surface area contributed by atoms with Gasteiger partial charge in [0.05, 0.1) is 24.2 Å². The van der Waals surface area contributed by atoms with E-state index in [2.05, 4.69) is 46.9 Å². The number of rotatable bonds is 3. The molecule has 1 aromatic carbocycles. The molecule has 1 aliphatic heterocycles. The van der Waals surface area contributed by atoms with Crippen molar-refractivity contribution in [1.29, 1.82) is 0 Å². The normalized spacial score (nSPS) is 24.4. The number of nitrogens with one attached hydrogen (secondary N) is 1. The highest BCUT2D eigenvalue weighted by Crippen LogP contribution is 2.24.